The normalized spacial score (nSPS) is 18.5. The van der Waals surface area contributed by atoms with Gasteiger partial charge in [-0.15, -0.1) is 0 Å². The molecule has 1 aliphatic carbocycles. The van der Waals surface area contributed by atoms with E-state index < -0.39 is 53.1 Å². The lowest BCUT2D eigenvalue weighted by Crippen LogP contribution is -2.67. The van der Waals surface area contributed by atoms with Crippen molar-refractivity contribution in [3.05, 3.63) is 69.9 Å². The van der Waals surface area contributed by atoms with E-state index in [1.807, 2.05) is 13.8 Å². The Balaban J connectivity index is 1.66. The molecule has 2 unspecified atom stereocenters. The van der Waals surface area contributed by atoms with Gasteiger partial charge in [-0.25, -0.2) is 13.6 Å². The van der Waals surface area contributed by atoms with Crippen molar-refractivity contribution in [2.45, 2.75) is 84.0 Å². The van der Waals surface area contributed by atoms with Gasteiger partial charge in [0.15, 0.2) is 0 Å². The number of aromatic amines is 1. The largest absolute Gasteiger partial charge is 0.445 e. The van der Waals surface area contributed by atoms with Crippen molar-refractivity contribution in [3.63, 3.8) is 0 Å². The summed E-state index contributed by atoms with van der Waals surface area (Å²) in [6.07, 6.45) is 0.494. The third-order valence-electron chi connectivity index (χ3n) is 8.93. The van der Waals surface area contributed by atoms with Crippen LogP contribution in [0.25, 0.3) is 10.9 Å². The SMILES string of the molecule is CCC(C)C(NC(=O)OCc1cccc(F)c1)C(=O)N[C@]1(C(=O)N[C@H](C(N)=O)[C@@H](C)CC)CCc2[nH]c3c(Cl)cc(F)cc3c2C1. The van der Waals surface area contributed by atoms with Crippen molar-refractivity contribution >= 4 is 46.3 Å². The minimum absolute atomic E-state index is 0.0527. The lowest BCUT2D eigenvalue weighted by molar-refractivity contribution is -0.137. The van der Waals surface area contributed by atoms with Gasteiger partial charge in [-0.2, -0.15) is 0 Å². The molecule has 5 atom stereocenters. The molecule has 6 N–H and O–H groups in total. The predicted molar refractivity (Wildman–Crippen MR) is 170 cm³/mol. The first-order chi connectivity index (χ1) is 21.8. The smallest absolute Gasteiger partial charge is 0.408 e. The van der Waals surface area contributed by atoms with E-state index in [2.05, 4.69) is 20.9 Å². The van der Waals surface area contributed by atoms with E-state index in [9.17, 15) is 28.0 Å². The van der Waals surface area contributed by atoms with Gasteiger partial charge < -0.3 is 31.4 Å². The Bertz CT molecular complexity index is 1630. The second-order valence-electron chi connectivity index (χ2n) is 12.1. The van der Waals surface area contributed by atoms with Crippen LogP contribution in [-0.2, 0) is 38.6 Å². The molecule has 0 fully saturated rings. The topological polar surface area (TPSA) is 155 Å². The Kier molecular flexibility index (Phi) is 10.9. The number of rotatable bonds is 12. The van der Waals surface area contributed by atoms with Gasteiger partial charge in [0.05, 0.1) is 10.5 Å². The Labute approximate surface area is 271 Å². The lowest BCUT2D eigenvalue weighted by atomic mass is 9.78. The van der Waals surface area contributed by atoms with Crippen LogP contribution in [-0.4, -0.2) is 46.4 Å². The predicted octanol–water partition coefficient (Wildman–Crippen LogP) is 4.80. The second kappa shape index (κ2) is 14.5. The number of alkyl carbamates (subject to hydrolysis) is 1. The Morgan fingerprint density at radius 1 is 1.02 bits per heavy atom. The van der Waals surface area contributed by atoms with Crippen LogP contribution in [0.4, 0.5) is 13.6 Å². The van der Waals surface area contributed by atoms with Gasteiger partial charge in [0.1, 0.15) is 35.9 Å². The van der Waals surface area contributed by atoms with Gasteiger partial charge in [-0.3, -0.25) is 14.4 Å². The molecule has 0 bridgehead atoms. The summed E-state index contributed by atoms with van der Waals surface area (Å²) < 4.78 is 33.3. The first-order valence-corrected chi connectivity index (χ1v) is 15.7. The number of aryl methyl sites for hydroxylation is 1. The molecule has 1 heterocycles. The highest BCUT2D eigenvalue weighted by Gasteiger charge is 2.46. The Morgan fingerprint density at radius 2 is 1.72 bits per heavy atom. The molecule has 10 nitrogen and oxygen atoms in total. The van der Waals surface area contributed by atoms with Crippen molar-refractivity contribution < 1.29 is 32.7 Å². The zero-order chi connectivity index (χ0) is 33.8. The van der Waals surface area contributed by atoms with Crippen molar-refractivity contribution in [1.82, 2.24) is 20.9 Å². The quantitative estimate of drug-likeness (QED) is 0.189. The molecule has 3 aromatic rings. The van der Waals surface area contributed by atoms with Crippen LogP contribution in [0.15, 0.2) is 36.4 Å². The molecule has 0 spiro atoms. The van der Waals surface area contributed by atoms with Crippen LogP contribution in [0.1, 0.15) is 63.8 Å². The third kappa shape index (κ3) is 7.60. The number of halogens is 3. The van der Waals surface area contributed by atoms with E-state index in [1.165, 1.54) is 30.3 Å². The number of hydrogen-bond donors (Lipinski definition) is 5. The maximum absolute atomic E-state index is 14.5. The number of ether oxygens (including phenoxy) is 1. The summed E-state index contributed by atoms with van der Waals surface area (Å²) in [6, 6.07) is 5.95. The maximum Gasteiger partial charge on any atom is 0.408 e. The van der Waals surface area contributed by atoms with Gasteiger partial charge in [0.2, 0.25) is 17.7 Å². The molecule has 46 heavy (non-hydrogen) atoms. The molecular weight excluding hydrogens is 620 g/mol. The first kappa shape index (κ1) is 34.7. The number of H-pyrrole nitrogens is 1. The van der Waals surface area contributed by atoms with E-state index in [-0.39, 0.29) is 42.7 Å². The van der Waals surface area contributed by atoms with Crippen LogP contribution in [0.2, 0.25) is 5.02 Å². The average Bonchev–Trinajstić information content (AvgIpc) is 3.38. The van der Waals surface area contributed by atoms with E-state index >= 15 is 0 Å². The summed E-state index contributed by atoms with van der Waals surface area (Å²) in [5.41, 5.74) is 6.33. The molecule has 0 radical (unpaired) electrons. The lowest BCUT2D eigenvalue weighted by Gasteiger charge is -2.39. The van der Waals surface area contributed by atoms with Crippen molar-refractivity contribution in [2.75, 3.05) is 0 Å². The van der Waals surface area contributed by atoms with Gasteiger partial charge in [-0.1, -0.05) is 64.3 Å². The van der Waals surface area contributed by atoms with E-state index in [0.29, 0.717) is 34.9 Å². The minimum atomic E-state index is -1.60. The summed E-state index contributed by atoms with van der Waals surface area (Å²) in [4.78, 5) is 56.6. The van der Waals surface area contributed by atoms with Crippen LogP contribution < -0.4 is 21.7 Å². The molecular formula is C33H40ClF2N5O5. The molecule has 0 saturated heterocycles. The molecule has 4 amide bonds. The molecule has 248 valence electrons. The highest BCUT2D eigenvalue weighted by molar-refractivity contribution is 6.35. The molecule has 2 aromatic carbocycles. The van der Waals surface area contributed by atoms with Gasteiger partial charge in [-0.05, 0) is 60.1 Å². The summed E-state index contributed by atoms with van der Waals surface area (Å²) >= 11 is 6.33. The summed E-state index contributed by atoms with van der Waals surface area (Å²) in [6.45, 7) is 7.02. The maximum atomic E-state index is 14.5. The van der Waals surface area contributed by atoms with Crippen LogP contribution in [0.5, 0.6) is 0 Å². The monoisotopic (exact) mass is 659 g/mol. The summed E-state index contributed by atoms with van der Waals surface area (Å²) in [5, 5.41) is 8.90. The van der Waals surface area contributed by atoms with Crippen LogP contribution >= 0.6 is 11.6 Å². The Hall–Kier alpha value is -4.19. The van der Waals surface area contributed by atoms with E-state index in [4.69, 9.17) is 22.1 Å². The molecule has 0 saturated carbocycles. The zero-order valence-corrected chi connectivity index (χ0v) is 27.0. The highest BCUT2D eigenvalue weighted by atomic mass is 35.5. The summed E-state index contributed by atoms with van der Waals surface area (Å²) in [5.74, 6) is -3.74. The van der Waals surface area contributed by atoms with Crippen molar-refractivity contribution in [3.8, 4) is 0 Å². The van der Waals surface area contributed by atoms with Gasteiger partial charge in [0.25, 0.3) is 0 Å². The van der Waals surface area contributed by atoms with Crippen molar-refractivity contribution in [2.24, 2.45) is 17.6 Å². The Morgan fingerprint density at radius 3 is 2.37 bits per heavy atom. The number of carbonyl (C=O) groups is 4. The number of primary amides is 1. The average molecular weight is 660 g/mol. The standard InChI is InChI=1S/C33H40ClF2N5O5/c1-5-17(3)26(29(37)42)39-31(44)33(11-10-25-23(15-33)22-13-21(36)14-24(34)28(22)38-25)41-30(43)27(18(4)6-2)40-32(45)46-16-19-8-7-9-20(35)12-19/h7-9,12-14,17-18,26-27,38H,5-6,10-11,15-16H2,1-4H3,(H2,37,42)(H,39,44)(H,40,45)(H,41,43)/t17-,18?,26-,27?,33+/m0/s1. The van der Waals surface area contributed by atoms with E-state index in [0.717, 1.165) is 5.69 Å². The highest BCUT2D eigenvalue weighted by Crippen LogP contribution is 2.37. The number of carbonyl (C=O) groups excluding carboxylic acids is 4. The number of nitrogens with two attached hydrogens (primary N) is 1. The number of amides is 4. The fourth-order valence-electron chi connectivity index (χ4n) is 5.80. The van der Waals surface area contributed by atoms with Gasteiger partial charge in [0, 0.05) is 17.5 Å². The number of nitrogens with one attached hydrogen (secondary N) is 4. The fraction of sp³-hybridized carbons (Fsp3) is 0.455. The van der Waals surface area contributed by atoms with Gasteiger partial charge >= 0.3 is 6.09 Å². The number of benzene rings is 2. The van der Waals surface area contributed by atoms with Crippen LogP contribution in [0.3, 0.4) is 0 Å². The molecule has 0 aliphatic heterocycles. The fourth-order valence-corrected chi connectivity index (χ4v) is 6.05. The number of aromatic nitrogens is 1. The third-order valence-corrected chi connectivity index (χ3v) is 9.23. The van der Waals surface area contributed by atoms with Crippen LogP contribution in [0, 0.1) is 23.5 Å². The molecule has 1 aromatic heterocycles. The first-order valence-electron chi connectivity index (χ1n) is 15.4. The zero-order valence-electron chi connectivity index (χ0n) is 26.3. The number of fused-ring (bicyclic) bond motifs is 3. The van der Waals surface area contributed by atoms with Crippen molar-refractivity contribution in [1.29, 1.82) is 0 Å². The molecule has 1 aliphatic rings. The molecule has 4 rings (SSSR count). The number of hydrogen-bond acceptors (Lipinski definition) is 5. The second-order valence-corrected chi connectivity index (χ2v) is 12.5. The summed E-state index contributed by atoms with van der Waals surface area (Å²) in [7, 11) is 0. The molecule has 13 heteroatoms. The van der Waals surface area contributed by atoms with E-state index in [1.54, 1.807) is 19.9 Å². The minimum Gasteiger partial charge on any atom is -0.445 e.